The standard InChI is InChI=1S/C31H35N5O3/c1-3-6-29-28(19-22-9-11-23(12-10-22)27-8-5-4-7-24(27)20-32)30(37)35(31-33-21-34-36(29)31)25-13-15-26(16-14-25)39-18-17-38-2/h4-5,7-12,21,25-26H,3,6,13-19H2,1-2H3. The third-order valence-electron chi connectivity index (χ3n) is 7.66. The van der Waals surface area contributed by atoms with Gasteiger partial charge in [0.15, 0.2) is 0 Å². The molecule has 1 fully saturated rings. The monoisotopic (exact) mass is 525 g/mol. The molecule has 2 aromatic carbocycles. The molecule has 0 spiro atoms. The van der Waals surface area contributed by atoms with Gasteiger partial charge in [-0.2, -0.15) is 15.3 Å². The van der Waals surface area contributed by atoms with Gasteiger partial charge in [0.1, 0.15) is 6.33 Å². The highest BCUT2D eigenvalue weighted by molar-refractivity contribution is 5.70. The van der Waals surface area contributed by atoms with Crippen molar-refractivity contribution < 1.29 is 9.47 Å². The van der Waals surface area contributed by atoms with E-state index in [0.717, 1.165) is 66.5 Å². The van der Waals surface area contributed by atoms with Crippen LogP contribution in [-0.4, -0.2) is 45.6 Å². The minimum atomic E-state index is 0.0293. The first-order valence-corrected chi connectivity index (χ1v) is 13.8. The third kappa shape index (κ3) is 5.65. The Hall–Kier alpha value is -3.80. The number of rotatable bonds is 10. The summed E-state index contributed by atoms with van der Waals surface area (Å²) in [5.74, 6) is 0.624. The minimum absolute atomic E-state index is 0.0293. The van der Waals surface area contributed by atoms with Crippen molar-refractivity contribution in [2.75, 3.05) is 20.3 Å². The molecule has 39 heavy (non-hydrogen) atoms. The molecule has 2 heterocycles. The molecular weight excluding hydrogens is 490 g/mol. The molecule has 0 saturated heterocycles. The first-order valence-electron chi connectivity index (χ1n) is 13.8. The second-order valence-corrected chi connectivity index (χ2v) is 10.1. The Morgan fingerprint density at radius 3 is 2.54 bits per heavy atom. The van der Waals surface area contributed by atoms with Crippen molar-refractivity contribution in [1.29, 1.82) is 5.26 Å². The van der Waals surface area contributed by atoms with Gasteiger partial charge in [0.2, 0.25) is 5.78 Å². The maximum Gasteiger partial charge on any atom is 0.259 e. The van der Waals surface area contributed by atoms with Crippen LogP contribution < -0.4 is 5.56 Å². The third-order valence-corrected chi connectivity index (χ3v) is 7.66. The van der Waals surface area contributed by atoms with Crippen LogP contribution in [0.4, 0.5) is 0 Å². The lowest BCUT2D eigenvalue weighted by atomic mass is 9.92. The van der Waals surface area contributed by atoms with Gasteiger partial charge in [-0.3, -0.25) is 9.36 Å². The first-order chi connectivity index (χ1) is 19.1. The molecule has 1 saturated carbocycles. The zero-order valence-corrected chi connectivity index (χ0v) is 22.7. The summed E-state index contributed by atoms with van der Waals surface area (Å²) in [6, 6.07) is 18.1. The highest BCUT2D eigenvalue weighted by atomic mass is 16.5. The Morgan fingerprint density at radius 1 is 1.05 bits per heavy atom. The normalized spacial score (nSPS) is 17.4. The van der Waals surface area contributed by atoms with Crippen LogP contribution in [0.15, 0.2) is 59.7 Å². The number of aromatic nitrogens is 4. The van der Waals surface area contributed by atoms with Crippen LogP contribution in [0, 0.1) is 11.3 Å². The van der Waals surface area contributed by atoms with Crippen LogP contribution in [0.25, 0.3) is 16.9 Å². The number of fused-ring (bicyclic) bond motifs is 1. The summed E-state index contributed by atoms with van der Waals surface area (Å²) in [4.78, 5) is 18.7. The molecule has 0 bridgehead atoms. The molecule has 4 aromatic rings. The van der Waals surface area contributed by atoms with Crippen molar-refractivity contribution in [3.05, 3.63) is 87.6 Å². The zero-order chi connectivity index (χ0) is 27.2. The fourth-order valence-electron chi connectivity index (χ4n) is 5.68. The van der Waals surface area contributed by atoms with Gasteiger partial charge in [-0.15, -0.1) is 0 Å². The number of hydrogen-bond acceptors (Lipinski definition) is 6. The molecule has 0 aliphatic heterocycles. The van der Waals surface area contributed by atoms with Crippen LogP contribution in [0.2, 0.25) is 0 Å². The first kappa shape index (κ1) is 26.8. The second-order valence-electron chi connectivity index (χ2n) is 10.1. The molecule has 202 valence electrons. The molecule has 8 heteroatoms. The summed E-state index contributed by atoms with van der Waals surface area (Å²) < 4.78 is 14.8. The van der Waals surface area contributed by atoms with Gasteiger partial charge in [0, 0.05) is 25.1 Å². The number of nitriles is 1. The SMILES string of the molecule is CCCc1c(Cc2ccc(-c3ccccc3C#N)cc2)c(=O)n(C2CCC(OCCOC)CC2)c2ncnn12. The average molecular weight is 526 g/mol. The maximum atomic E-state index is 14.1. The van der Waals surface area contributed by atoms with E-state index < -0.39 is 0 Å². The molecule has 0 radical (unpaired) electrons. The van der Waals surface area contributed by atoms with Crippen molar-refractivity contribution in [1.82, 2.24) is 19.2 Å². The van der Waals surface area contributed by atoms with Gasteiger partial charge in [0.05, 0.1) is 36.6 Å². The van der Waals surface area contributed by atoms with E-state index in [1.54, 1.807) is 13.4 Å². The van der Waals surface area contributed by atoms with Gasteiger partial charge in [-0.05, 0) is 54.9 Å². The number of benzene rings is 2. The molecule has 5 rings (SSSR count). The Labute approximate surface area is 228 Å². The number of hydrogen-bond donors (Lipinski definition) is 0. The van der Waals surface area contributed by atoms with Gasteiger partial charge in [0.25, 0.3) is 5.56 Å². The molecule has 0 amide bonds. The topological polar surface area (TPSA) is 94.4 Å². The molecular formula is C31H35N5O3. The van der Waals surface area contributed by atoms with Crippen LogP contribution in [-0.2, 0) is 22.3 Å². The second kappa shape index (κ2) is 12.4. The molecule has 0 unspecified atom stereocenters. The van der Waals surface area contributed by atoms with Crippen molar-refractivity contribution >= 4 is 5.78 Å². The number of aryl methyl sites for hydroxylation is 1. The van der Waals surface area contributed by atoms with Crippen LogP contribution >= 0.6 is 0 Å². The molecule has 1 aliphatic rings. The lowest BCUT2D eigenvalue weighted by Gasteiger charge is -2.30. The Kier molecular flexibility index (Phi) is 8.50. The van der Waals surface area contributed by atoms with Crippen LogP contribution in [0.3, 0.4) is 0 Å². The Morgan fingerprint density at radius 2 is 1.82 bits per heavy atom. The van der Waals surface area contributed by atoms with Gasteiger partial charge >= 0.3 is 0 Å². The summed E-state index contributed by atoms with van der Waals surface area (Å²) >= 11 is 0. The van der Waals surface area contributed by atoms with E-state index in [2.05, 4.69) is 35.2 Å². The van der Waals surface area contributed by atoms with Crippen LogP contribution in [0.5, 0.6) is 0 Å². The summed E-state index contributed by atoms with van der Waals surface area (Å²) in [5, 5.41) is 14.0. The summed E-state index contributed by atoms with van der Waals surface area (Å²) in [6.45, 7) is 3.30. The number of nitrogens with zero attached hydrogens (tertiary/aromatic N) is 5. The molecule has 2 aromatic heterocycles. The lowest BCUT2D eigenvalue weighted by Crippen LogP contribution is -2.35. The van der Waals surface area contributed by atoms with E-state index >= 15 is 0 Å². The Balaban J connectivity index is 1.46. The number of methoxy groups -OCH3 is 1. The van der Waals surface area contributed by atoms with E-state index in [-0.39, 0.29) is 17.7 Å². The molecule has 8 nitrogen and oxygen atoms in total. The predicted molar refractivity (Wildman–Crippen MR) is 150 cm³/mol. The maximum absolute atomic E-state index is 14.1. The highest BCUT2D eigenvalue weighted by Gasteiger charge is 2.28. The summed E-state index contributed by atoms with van der Waals surface area (Å²) in [7, 11) is 1.68. The fourth-order valence-corrected chi connectivity index (χ4v) is 5.68. The van der Waals surface area contributed by atoms with E-state index in [4.69, 9.17) is 9.47 Å². The van der Waals surface area contributed by atoms with E-state index in [9.17, 15) is 10.1 Å². The zero-order valence-electron chi connectivity index (χ0n) is 22.7. The quantitative estimate of drug-likeness (QED) is 0.267. The van der Waals surface area contributed by atoms with Gasteiger partial charge < -0.3 is 9.47 Å². The lowest BCUT2D eigenvalue weighted by molar-refractivity contribution is -0.00650. The average Bonchev–Trinajstić information content (AvgIpc) is 3.45. The van der Waals surface area contributed by atoms with E-state index in [1.807, 2.05) is 45.5 Å². The predicted octanol–water partition coefficient (Wildman–Crippen LogP) is 5.12. The highest BCUT2D eigenvalue weighted by Crippen LogP contribution is 2.31. The smallest absolute Gasteiger partial charge is 0.259 e. The Bertz CT molecular complexity index is 1510. The van der Waals surface area contributed by atoms with Crippen LogP contribution in [0.1, 0.15) is 67.5 Å². The van der Waals surface area contributed by atoms with Gasteiger partial charge in [-0.25, -0.2) is 4.52 Å². The van der Waals surface area contributed by atoms with E-state index in [0.29, 0.717) is 31.0 Å². The largest absolute Gasteiger partial charge is 0.382 e. The molecule has 0 atom stereocenters. The summed E-state index contributed by atoms with van der Waals surface area (Å²) in [5.41, 5.74) is 5.32. The van der Waals surface area contributed by atoms with Crippen molar-refractivity contribution in [2.45, 2.75) is 64.0 Å². The van der Waals surface area contributed by atoms with Crippen molar-refractivity contribution in [3.8, 4) is 17.2 Å². The van der Waals surface area contributed by atoms with E-state index in [1.165, 1.54) is 0 Å². The van der Waals surface area contributed by atoms with Crippen molar-refractivity contribution in [2.24, 2.45) is 0 Å². The fraction of sp³-hybridized carbons (Fsp3) is 0.419. The molecule has 1 aliphatic carbocycles. The minimum Gasteiger partial charge on any atom is -0.382 e. The molecule has 0 N–H and O–H groups in total. The van der Waals surface area contributed by atoms with Gasteiger partial charge in [-0.1, -0.05) is 55.8 Å². The summed E-state index contributed by atoms with van der Waals surface area (Å²) in [6.07, 6.45) is 7.44. The number of ether oxygens (including phenoxy) is 2. The van der Waals surface area contributed by atoms with Crippen molar-refractivity contribution in [3.63, 3.8) is 0 Å².